The average Bonchev–Trinajstić information content (AvgIpc) is 3.64. The van der Waals surface area contributed by atoms with E-state index in [4.69, 9.17) is 27.2 Å². The van der Waals surface area contributed by atoms with Gasteiger partial charge in [0.15, 0.2) is 5.78 Å². The summed E-state index contributed by atoms with van der Waals surface area (Å²) in [5.74, 6) is -1.26. The van der Waals surface area contributed by atoms with Crippen molar-refractivity contribution in [1.29, 1.82) is 0 Å². The normalized spacial score (nSPS) is 17.8. The van der Waals surface area contributed by atoms with Gasteiger partial charge in [0.25, 0.3) is 0 Å². The van der Waals surface area contributed by atoms with E-state index in [0.717, 1.165) is 24.9 Å². The molecule has 0 aromatic heterocycles. The Balaban J connectivity index is 0.000000241. The van der Waals surface area contributed by atoms with Crippen molar-refractivity contribution in [2.75, 3.05) is 26.2 Å². The van der Waals surface area contributed by atoms with E-state index in [1.54, 1.807) is 19.1 Å². The number of hydrogen-bond donors (Lipinski definition) is 2. The molecule has 11 nitrogen and oxygen atoms in total. The van der Waals surface area contributed by atoms with Crippen molar-refractivity contribution in [3.8, 4) is 0 Å². The van der Waals surface area contributed by atoms with Crippen molar-refractivity contribution in [3.63, 3.8) is 0 Å². The Labute approximate surface area is 244 Å². The van der Waals surface area contributed by atoms with Gasteiger partial charge in [0, 0.05) is 23.7 Å². The first kappa shape index (κ1) is 33.2. The van der Waals surface area contributed by atoms with Gasteiger partial charge in [-0.15, -0.1) is 0 Å². The molecule has 2 aromatic carbocycles. The van der Waals surface area contributed by atoms with E-state index in [1.165, 1.54) is 4.90 Å². The maximum absolute atomic E-state index is 12.0. The first-order valence-corrected chi connectivity index (χ1v) is 13.7. The van der Waals surface area contributed by atoms with E-state index < -0.39 is 23.5 Å². The smallest absolute Gasteiger partial charge is 0.410 e. The van der Waals surface area contributed by atoms with Crippen LogP contribution in [0.3, 0.4) is 0 Å². The highest BCUT2D eigenvalue weighted by Gasteiger charge is 2.35. The van der Waals surface area contributed by atoms with Crippen molar-refractivity contribution in [2.45, 2.75) is 51.3 Å². The number of carboxylic acid groups (broad SMARTS) is 1. The van der Waals surface area contributed by atoms with Crippen LogP contribution < -0.4 is 5.73 Å². The molecule has 0 aliphatic carbocycles. The molecule has 41 heavy (non-hydrogen) atoms. The first-order valence-electron chi connectivity index (χ1n) is 13.3. The third-order valence-corrected chi connectivity index (χ3v) is 6.48. The molecule has 0 saturated carbocycles. The largest absolute Gasteiger partial charge is 0.480 e. The number of rotatable bonds is 8. The number of Topliss-reactive ketones (excluding diaryl/α,β-unsaturated/α-hetero) is 1. The lowest BCUT2D eigenvalue weighted by atomic mass is 10.1. The van der Waals surface area contributed by atoms with Crippen LogP contribution in [0.2, 0.25) is 0 Å². The number of nitrogens with two attached hydrogens (primary N) is 1. The van der Waals surface area contributed by atoms with E-state index in [9.17, 15) is 24.0 Å². The van der Waals surface area contributed by atoms with Crippen LogP contribution in [-0.2, 0) is 25.7 Å². The lowest BCUT2D eigenvalue weighted by Gasteiger charge is -2.20. The fourth-order valence-corrected chi connectivity index (χ4v) is 4.50. The van der Waals surface area contributed by atoms with Gasteiger partial charge in [-0.3, -0.25) is 19.4 Å². The summed E-state index contributed by atoms with van der Waals surface area (Å²) < 4.78 is 9.28. The molecule has 12 heteroatoms. The van der Waals surface area contributed by atoms with Crippen molar-refractivity contribution < 1.29 is 38.6 Å². The van der Waals surface area contributed by atoms with Gasteiger partial charge >= 0.3 is 17.5 Å². The summed E-state index contributed by atoms with van der Waals surface area (Å²) >= 11 is 4.72. The van der Waals surface area contributed by atoms with Crippen LogP contribution in [-0.4, -0.2) is 82.4 Å². The molecule has 2 aromatic rings. The summed E-state index contributed by atoms with van der Waals surface area (Å²) in [6.45, 7) is 3.71. The monoisotopic (exact) mass is 589 g/mol. The van der Waals surface area contributed by atoms with Gasteiger partial charge in [0.1, 0.15) is 12.6 Å². The summed E-state index contributed by atoms with van der Waals surface area (Å²) in [7, 11) is 0. The molecule has 0 spiro atoms. The number of hydrogen-bond acceptors (Lipinski definition) is 8. The van der Waals surface area contributed by atoms with E-state index in [1.807, 2.05) is 53.4 Å². The molecule has 2 amide bonds. The zero-order chi connectivity index (χ0) is 30.2. The van der Waals surface area contributed by atoms with Crippen LogP contribution in [0.1, 0.15) is 48.5 Å². The SMILES string of the molecule is CCOC(=O)Cl.NC(=O)[C@@H]1CCCN1CC(=O)c1ccccc1.O=C(O)[C@@H]1CCCN1C(=O)OCc1ccccc1. The molecule has 2 aliphatic rings. The van der Waals surface area contributed by atoms with Gasteiger partial charge in [-0.25, -0.2) is 14.4 Å². The zero-order valence-electron chi connectivity index (χ0n) is 22.9. The number of primary amides is 1. The minimum absolute atomic E-state index is 0.0405. The number of benzene rings is 2. The Morgan fingerprint density at radius 2 is 1.49 bits per heavy atom. The predicted molar refractivity (Wildman–Crippen MR) is 151 cm³/mol. The fourth-order valence-electron chi connectivity index (χ4n) is 4.40. The lowest BCUT2D eigenvalue weighted by Crippen LogP contribution is -2.42. The molecule has 0 bridgehead atoms. The van der Waals surface area contributed by atoms with Gasteiger partial charge in [0.05, 0.1) is 19.2 Å². The summed E-state index contributed by atoms with van der Waals surface area (Å²) in [5, 5.41) is 8.97. The van der Waals surface area contributed by atoms with Gasteiger partial charge in [-0.05, 0) is 44.7 Å². The topological polar surface area (TPSA) is 157 Å². The quantitative estimate of drug-likeness (QED) is 0.342. The second-order valence-electron chi connectivity index (χ2n) is 9.22. The number of ketones is 1. The van der Waals surface area contributed by atoms with Gasteiger partial charge < -0.3 is 20.3 Å². The maximum atomic E-state index is 12.0. The highest BCUT2D eigenvalue weighted by Crippen LogP contribution is 2.19. The molecule has 3 N–H and O–H groups in total. The van der Waals surface area contributed by atoms with E-state index in [0.29, 0.717) is 31.6 Å². The van der Waals surface area contributed by atoms with Crippen LogP contribution in [0.5, 0.6) is 0 Å². The highest BCUT2D eigenvalue weighted by molar-refractivity contribution is 6.61. The Kier molecular flexibility index (Phi) is 14.3. The summed E-state index contributed by atoms with van der Waals surface area (Å²) in [5.41, 5.74) is 6.14. The number of amides is 2. The molecule has 2 fully saturated rings. The Morgan fingerprint density at radius 3 is 2.02 bits per heavy atom. The molecule has 222 valence electrons. The number of aliphatic carboxylic acids is 1. The Morgan fingerprint density at radius 1 is 0.902 bits per heavy atom. The third-order valence-electron chi connectivity index (χ3n) is 6.37. The van der Waals surface area contributed by atoms with E-state index in [2.05, 4.69) is 4.74 Å². The van der Waals surface area contributed by atoms with Crippen molar-refractivity contribution in [3.05, 3.63) is 71.8 Å². The number of nitrogens with zero attached hydrogens (tertiary/aromatic N) is 2. The molecule has 0 unspecified atom stereocenters. The predicted octanol–water partition coefficient (Wildman–Crippen LogP) is 4.07. The molecule has 2 aliphatic heterocycles. The van der Waals surface area contributed by atoms with Crippen LogP contribution in [0, 0.1) is 0 Å². The van der Waals surface area contributed by atoms with Crippen LogP contribution >= 0.6 is 11.6 Å². The lowest BCUT2D eigenvalue weighted by molar-refractivity contribution is -0.141. The fraction of sp³-hybridized carbons (Fsp3) is 0.414. The summed E-state index contributed by atoms with van der Waals surface area (Å²) in [4.78, 5) is 58.6. The summed E-state index contributed by atoms with van der Waals surface area (Å²) in [6.07, 6.45) is 2.34. The first-order chi connectivity index (χ1) is 19.6. The second-order valence-corrected chi connectivity index (χ2v) is 9.53. The number of carboxylic acids is 1. The van der Waals surface area contributed by atoms with Crippen molar-refractivity contribution in [1.82, 2.24) is 9.80 Å². The van der Waals surface area contributed by atoms with Crippen molar-refractivity contribution >= 4 is 40.8 Å². The minimum Gasteiger partial charge on any atom is -0.480 e. The third kappa shape index (κ3) is 11.6. The van der Waals surface area contributed by atoms with Crippen LogP contribution in [0.25, 0.3) is 0 Å². The molecule has 0 radical (unpaired) electrons. The molecule has 2 heterocycles. The number of carbonyl (C=O) groups excluding carboxylic acids is 4. The van der Waals surface area contributed by atoms with Gasteiger partial charge in [0.2, 0.25) is 5.91 Å². The van der Waals surface area contributed by atoms with E-state index >= 15 is 0 Å². The zero-order valence-corrected chi connectivity index (χ0v) is 23.7. The van der Waals surface area contributed by atoms with Crippen LogP contribution in [0.15, 0.2) is 60.7 Å². The van der Waals surface area contributed by atoms with Gasteiger partial charge in [-0.1, -0.05) is 60.7 Å². The number of likely N-dealkylation sites (tertiary alicyclic amines) is 2. The molecule has 2 saturated heterocycles. The maximum Gasteiger partial charge on any atom is 0.410 e. The highest BCUT2D eigenvalue weighted by atomic mass is 35.5. The Hall–Kier alpha value is -3.96. The average molecular weight is 590 g/mol. The molecular weight excluding hydrogens is 554 g/mol. The number of halogens is 1. The second kappa shape index (κ2) is 17.7. The molecular formula is C29H36ClN3O8. The van der Waals surface area contributed by atoms with Crippen molar-refractivity contribution in [2.24, 2.45) is 5.73 Å². The Bertz CT molecular complexity index is 1150. The van der Waals surface area contributed by atoms with Gasteiger partial charge in [-0.2, -0.15) is 0 Å². The van der Waals surface area contributed by atoms with E-state index in [-0.39, 0.29) is 30.9 Å². The number of carbonyl (C=O) groups is 5. The molecule has 2 atom stereocenters. The molecule has 4 rings (SSSR count). The minimum atomic E-state index is -0.968. The summed E-state index contributed by atoms with van der Waals surface area (Å²) in [6, 6.07) is 17.4. The standard InChI is InChI=1S/C13H16N2O2.C13H15NO4.C3H5ClO2/c14-13(17)11-7-4-8-15(11)9-12(16)10-5-2-1-3-6-10;15-12(16)11-7-4-8-14(11)13(17)18-9-10-5-2-1-3-6-10;1-2-6-3(4)5/h1-3,5-6,11H,4,7-9H2,(H2,14,17);1-3,5-6,11H,4,7-9H2,(H,15,16);2H2,1H3/t2*11-;/m00./s1. The number of ether oxygens (including phenoxy) is 2. The van der Waals surface area contributed by atoms with Crippen LogP contribution in [0.4, 0.5) is 9.59 Å².